The van der Waals surface area contributed by atoms with E-state index in [-0.39, 0.29) is 18.1 Å². The predicted octanol–water partition coefficient (Wildman–Crippen LogP) is 6.28. The Bertz CT molecular complexity index is 896. The Labute approximate surface area is 190 Å². The van der Waals surface area contributed by atoms with Gasteiger partial charge in [-0.15, -0.1) is 0 Å². The number of halogens is 1. The largest absolute Gasteiger partial charge is 0.497 e. The molecule has 0 N–H and O–H groups in total. The van der Waals surface area contributed by atoms with Gasteiger partial charge in [0.25, 0.3) is 5.91 Å². The number of methoxy groups -OCH3 is 1. The van der Waals surface area contributed by atoms with Crippen LogP contribution < -0.4 is 9.64 Å². The fourth-order valence-electron chi connectivity index (χ4n) is 5.07. The first-order valence-corrected chi connectivity index (χ1v) is 11.6. The van der Waals surface area contributed by atoms with E-state index in [1.165, 1.54) is 6.42 Å². The number of hydrogen-bond donors (Lipinski definition) is 0. The number of benzene rings is 2. The summed E-state index contributed by atoms with van der Waals surface area (Å²) in [6.45, 7) is 6.82. The van der Waals surface area contributed by atoms with Crippen LogP contribution in [0.2, 0.25) is 5.02 Å². The van der Waals surface area contributed by atoms with Crippen molar-refractivity contribution < 1.29 is 14.3 Å². The molecule has 2 aromatic rings. The molecule has 1 saturated heterocycles. The summed E-state index contributed by atoms with van der Waals surface area (Å²) in [5.74, 6) is 2.44. The van der Waals surface area contributed by atoms with Crippen molar-refractivity contribution >= 4 is 23.2 Å². The van der Waals surface area contributed by atoms with Crippen LogP contribution in [0, 0.1) is 17.8 Å². The smallest absolute Gasteiger partial charge is 0.259 e. The summed E-state index contributed by atoms with van der Waals surface area (Å²) < 4.78 is 11.9. The van der Waals surface area contributed by atoms with Gasteiger partial charge in [-0.1, -0.05) is 50.9 Å². The average molecular weight is 442 g/mol. The molecule has 4 nitrogen and oxygen atoms in total. The summed E-state index contributed by atoms with van der Waals surface area (Å²) in [5, 5.41) is 0.684. The van der Waals surface area contributed by atoms with Gasteiger partial charge in [-0.2, -0.15) is 0 Å². The molecule has 1 aliphatic carbocycles. The summed E-state index contributed by atoms with van der Waals surface area (Å²) >= 11 is 6.13. The van der Waals surface area contributed by atoms with Crippen LogP contribution >= 0.6 is 11.6 Å². The van der Waals surface area contributed by atoms with Gasteiger partial charge in [-0.25, -0.2) is 0 Å². The van der Waals surface area contributed by atoms with Gasteiger partial charge in [0.05, 0.1) is 19.3 Å². The van der Waals surface area contributed by atoms with E-state index in [0.29, 0.717) is 22.8 Å². The van der Waals surface area contributed by atoms with E-state index in [0.717, 1.165) is 29.8 Å². The number of nitrogens with zero attached hydrogens (tertiary/aromatic N) is 1. The molecule has 0 aromatic heterocycles. The third-order valence-electron chi connectivity index (χ3n) is 6.89. The molecule has 1 saturated carbocycles. The molecule has 1 aliphatic heterocycles. The van der Waals surface area contributed by atoms with Crippen LogP contribution in [-0.4, -0.2) is 25.2 Å². The number of carbonyl (C=O) groups excluding carboxylic acids is 1. The van der Waals surface area contributed by atoms with Gasteiger partial charge in [-0.3, -0.25) is 9.69 Å². The minimum Gasteiger partial charge on any atom is -0.497 e. The molecule has 2 aliphatic rings. The molecule has 0 spiro atoms. The van der Waals surface area contributed by atoms with Crippen LogP contribution in [-0.2, 0) is 9.53 Å². The maximum Gasteiger partial charge on any atom is 0.259 e. The molecule has 5 atom stereocenters. The maximum absolute atomic E-state index is 13.3. The lowest BCUT2D eigenvalue weighted by molar-refractivity contribution is -0.157. The molecule has 4 rings (SSSR count). The van der Waals surface area contributed by atoms with Gasteiger partial charge in [0.1, 0.15) is 5.75 Å². The first-order valence-electron chi connectivity index (χ1n) is 11.3. The lowest BCUT2D eigenvalue weighted by Crippen LogP contribution is -2.61. The zero-order valence-electron chi connectivity index (χ0n) is 18.8. The number of amides is 1. The van der Waals surface area contributed by atoms with Crippen molar-refractivity contribution in [1.82, 2.24) is 0 Å². The van der Waals surface area contributed by atoms with Crippen molar-refractivity contribution in [3.63, 3.8) is 0 Å². The van der Waals surface area contributed by atoms with E-state index in [2.05, 4.69) is 20.8 Å². The van der Waals surface area contributed by atoms with Crippen LogP contribution in [0.25, 0.3) is 0 Å². The predicted molar refractivity (Wildman–Crippen MR) is 125 cm³/mol. The molecule has 5 heteroatoms. The third kappa shape index (κ3) is 4.47. The summed E-state index contributed by atoms with van der Waals surface area (Å²) in [6, 6.07) is 15.2. The van der Waals surface area contributed by atoms with Crippen molar-refractivity contribution in [1.29, 1.82) is 0 Å². The Kier molecular flexibility index (Phi) is 6.59. The van der Waals surface area contributed by atoms with Crippen LogP contribution in [0.1, 0.15) is 51.6 Å². The number of ether oxygens (including phenoxy) is 2. The van der Waals surface area contributed by atoms with Gasteiger partial charge >= 0.3 is 0 Å². The van der Waals surface area contributed by atoms with E-state index < -0.39 is 6.10 Å². The average Bonchev–Trinajstić information content (AvgIpc) is 2.76. The third-order valence-corrected chi connectivity index (χ3v) is 7.14. The second-order valence-corrected chi connectivity index (χ2v) is 9.76. The summed E-state index contributed by atoms with van der Waals surface area (Å²) in [4.78, 5) is 15.2. The molecule has 2 aromatic carbocycles. The Balaban J connectivity index is 1.62. The van der Waals surface area contributed by atoms with Gasteiger partial charge in [0, 0.05) is 10.7 Å². The molecule has 1 heterocycles. The highest BCUT2D eigenvalue weighted by molar-refractivity contribution is 6.30. The molecule has 2 fully saturated rings. The number of carbonyl (C=O) groups is 1. The van der Waals surface area contributed by atoms with Crippen molar-refractivity contribution in [2.75, 3.05) is 12.0 Å². The normalized spacial score (nSPS) is 28.5. The van der Waals surface area contributed by atoms with Gasteiger partial charge in [0.15, 0.2) is 6.10 Å². The van der Waals surface area contributed by atoms with Crippen molar-refractivity contribution in [2.45, 2.75) is 58.3 Å². The minimum atomic E-state index is -0.472. The monoisotopic (exact) mass is 441 g/mol. The molecule has 31 heavy (non-hydrogen) atoms. The van der Waals surface area contributed by atoms with E-state index in [9.17, 15) is 4.79 Å². The number of hydrogen-bond acceptors (Lipinski definition) is 3. The summed E-state index contributed by atoms with van der Waals surface area (Å²) in [6.07, 6.45) is 3.06. The summed E-state index contributed by atoms with van der Waals surface area (Å²) in [5.41, 5.74) is 1.89. The lowest BCUT2D eigenvalue weighted by Gasteiger charge is -2.50. The Morgan fingerprint density at radius 3 is 2.32 bits per heavy atom. The van der Waals surface area contributed by atoms with Crippen LogP contribution in [0.4, 0.5) is 5.69 Å². The highest BCUT2D eigenvalue weighted by Gasteiger charge is 2.51. The molecule has 1 amide bonds. The summed E-state index contributed by atoms with van der Waals surface area (Å²) in [7, 11) is 1.64. The fraction of sp³-hybridized carbons (Fsp3) is 0.500. The van der Waals surface area contributed by atoms with Crippen LogP contribution in [0.5, 0.6) is 5.75 Å². The Hall–Kier alpha value is -2.04. The number of β-lactam (4-membered cyclic amide) rings is 1. The van der Waals surface area contributed by atoms with Crippen LogP contribution in [0.15, 0.2) is 48.5 Å². The van der Waals surface area contributed by atoms with E-state index >= 15 is 0 Å². The zero-order chi connectivity index (χ0) is 22.1. The molecule has 0 radical (unpaired) electrons. The Morgan fingerprint density at radius 1 is 1.03 bits per heavy atom. The first-order chi connectivity index (χ1) is 14.9. The molecular weight excluding hydrogens is 410 g/mol. The number of anilines is 1. The first kappa shape index (κ1) is 22.2. The van der Waals surface area contributed by atoms with Gasteiger partial charge in [0.2, 0.25) is 0 Å². The molecule has 1 unspecified atom stereocenters. The van der Waals surface area contributed by atoms with E-state index in [4.69, 9.17) is 21.1 Å². The highest BCUT2D eigenvalue weighted by atomic mass is 35.5. The molecule has 166 valence electrons. The van der Waals surface area contributed by atoms with Gasteiger partial charge in [-0.05, 0) is 72.6 Å². The highest BCUT2D eigenvalue weighted by Crippen LogP contribution is 2.44. The second kappa shape index (κ2) is 9.22. The SMILES string of the molecule is COc1ccc(N2C(=O)[C@H](OC3C[C@H](C)CC[C@H]3C(C)C)[C@@H]2c2ccc(Cl)cc2)cc1. The fourth-order valence-corrected chi connectivity index (χ4v) is 5.20. The maximum atomic E-state index is 13.3. The molecular formula is C26H32ClNO3. The minimum absolute atomic E-state index is 0.0193. The van der Waals surface area contributed by atoms with E-state index in [1.807, 2.05) is 53.4 Å². The topological polar surface area (TPSA) is 38.8 Å². The van der Waals surface area contributed by atoms with Gasteiger partial charge < -0.3 is 9.47 Å². The number of rotatable bonds is 6. The van der Waals surface area contributed by atoms with Crippen molar-refractivity contribution in [3.8, 4) is 5.75 Å². The zero-order valence-corrected chi connectivity index (χ0v) is 19.5. The van der Waals surface area contributed by atoms with E-state index in [1.54, 1.807) is 7.11 Å². The van der Waals surface area contributed by atoms with Crippen molar-refractivity contribution in [3.05, 3.63) is 59.1 Å². The quantitative estimate of drug-likeness (QED) is 0.495. The standard InChI is InChI=1S/C26H32ClNO3/c1-16(2)22-14-5-17(3)15-23(22)31-25-24(18-6-8-19(27)9-7-18)28(26(25)29)20-10-12-21(30-4)13-11-20/h6-13,16-17,22-25H,5,14-15H2,1-4H3/t17-,22+,23?,24+,25-/m1/s1. The van der Waals surface area contributed by atoms with Crippen LogP contribution in [0.3, 0.4) is 0 Å². The Morgan fingerprint density at radius 2 is 1.71 bits per heavy atom. The second-order valence-electron chi connectivity index (χ2n) is 9.32. The lowest BCUT2D eigenvalue weighted by atomic mass is 9.75. The van der Waals surface area contributed by atoms with Crippen molar-refractivity contribution in [2.24, 2.45) is 17.8 Å². The molecule has 0 bridgehead atoms.